The number of benzene rings is 1. The Hall–Kier alpha value is -1.34. The predicted octanol–water partition coefficient (Wildman–Crippen LogP) is 0.941. The van der Waals surface area contributed by atoms with Gasteiger partial charge in [0.2, 0.25) is 5.82 Å². The molecule has 7 heteroatoms. The average Bonchev–Trinajstić information content (AvgIpc) is 2.17. The lowest BCUT2D eigenvalue weighted by atomic mass is 10.2. The van der Waals surface area contributed by atoms with Crippen LogP contribution in [0.25, 0.3) is 0 Å². The quantitative estimate of drug-likeness (QED) is 0.618. The summed E-state index contributed by atoms with van der Waals surface area (Å²) < 4.78 is 24.5. The smallest absolute Gasteiger partial charge is 0.304 e. The zero-order valence-electron chi connectivity index (χ0n) is 8.39. The monoisotopic (exact) mass is 246 g/mol. The Kier molecular flexibility index (Phi) is 4.51. The van der Waals surface area contributed by atoms with Gasteiger partial charge in [-0.15, -0.1) is 0 Å². The molecule has 0 aliphatic rings. The number of nitrogens with zero attached hydrogens (tertiary/aromatic N) is 1. The highest BCUT2D eigenvalue weighted by molar-refractivity contribution is 7.84. The van der Waals surface area contributed by atoms with E-state index in [0.717, 1.165) is 12.1 Å². The summed E-state index contributed by atoms with van der Waals surface area (Å²) in [6.07, 6.45) is 0. The molecule has 5 nitrogen and oxygen atoms in total. The third-order valence-electron chi connectivity index (χ3n) is 1.88. The summed E-state index contributed by atoms with van der Waals surface area (Å²) >= 11 is 0. The zero-order valence-corrected chi connectivity index (χ0v) is 9.21. The zero-order chi connectivity index (χ0) is 12.1. The summed E-state index contributed by atoms with van der Waals surface area (Å²) in [5.74, 6) is -0.419. The van der Waals surface area contributed by atoms with Gasteiger partial charge < -0.3 is 5.73 Å². The minimum absolute atomic E-state index is 0.159. The van der Waals surface area contributed by atoms with E-state index in [9.17, 15) is 18.7 Å². The van der Waals surface area contributed by atoms with E-state index in [1.165, 1.54) is 6.07 Å². The summed E-state index contributed by atoms with van der Waals surface area (Å²) in [5.41, 5.74) is 5.11. The summed E-state index contributed by atoms with van der Waals surface area (Å²) in [4.78, 5) is 9.55. The molecule has 0 heterocycles. The summed E-state index contributed by atoms with van der Waals surface area (Å²) in [6, 6.07) is 3.51. The van der Waals surface area contributed by atoms with E-state index in [0.29, 0.717) is 17.9 Å². The lowest BCUT2D eigenvalue weighted by Gasteiger charge is -2.01. The molecule has 1 unspecified atom stereocenters. The Morgan fingerprint density at radius 2 is 2.19 bits per heavy atom. The van der Waals surface area contributed by atoms with Crippen LogP contribution >= 0.6 is 0 Å². The molecule has 88 valence electrons. The van der Waals surface area contributed by atoms with Gasteiger partial charge in [-0.1, -0.05) is 6.07 Å². The van der Waals surface area contributed by atoms with Crippen LogP contribution in [0, 0.1) is 15.9 Å². The fourth-order valence-corrected chi connectivity index (χ4v) is 2.14. The van der Waals surface area contributed by atoms with Gasteiger partial charge in [0, 0.05) is 34.9 Å². The fraction of sp³-hybridized carbons (Fsp3) is 0.333. The molecule has 0 aliphatic heterocycles. The summed E-state index contributed by atoms with van der Waals surface area (Å²) in [5, 5.41) is 10.3. The minimum atomic E-state index is -1.16. The Morgan fingerprint density at radius 3 is 2.69 bits per heavy atom. The predicted molar refractivity (Wildman–Crippen MR) is 58.8 cm³/mol. The molecule has 0 saturated carbocycles. The largest absolute Gasteiger partial charge is 0.330 e. The second-order valence-electron chi connectivity index (χ2n) is 3.12. The molecule has 0 amide bonds. The topological polar surface area (TPSA) is 86.2 Å². The number of nitro benzene ring substituents is 1. The molecular weight excluding hydrogens is 235 g/mol. The van der Waals surface area contributed by atoms with Crippen LogP contribution in [0.4, 0.5) is 10.1 Å². The number of halogens is 1. The van der Waals surface area contributed by atoms with Crippen LogP contribution in [-0.2, 0) is 16.6 Å². The summed E-state index contributed by atoms with van der Waals surface area (Å²) in [7, 11) is -1.16. The molecule has 0 saturated heterocycles. The van der Waals surface area contributed by atoms with Crippen LogP contribution in [0.5, 0.6) is 0 Å². The van der Waals surface area contributed by atoms with Crippen LogP contribution in [0.1, 0.15) is 5.56 Å². The molecule has 1 atom stereocenters. The van der Waals surface area contributed by atoms with E-state index in [1.807, 2.05) is 0 Å². The van der Waals surface area contributed by atoms with Crippen molar-refractivity contribution < 1.29 is 13.5 Å². The molecule has 0 bridgehead atoms. The van der Waals surface area contributed by atoms with Crippen molar-refractivity contribution >= 4 is 16.5 Å². The summed E-state index contributed by atoms with van der Waals surface area (Å²) in [6.45, 7) is 0.294. The first kappa shape index (κ1) is 12.7. The Morgan fingerprint density at radius 1 is 1.50 bits per heavy atom. The molecule has 2 N–H and O–H groups in total. The van der Waals surface area contributed by atoms with E-state index < -0.39 is 27.2 Å². The minimum Gasteiger partial charge on any atom is -0.330 e. The highest BCUT2D eigenvalue weighted by atomic mass is 32.2. The van der Waals surface area contributed by atoms with Gasteiger partial charge in [-0.05, 0) is 11.6 Å². The van der Waals surface area contributed by atoms with Gasteiger partial charge in [-0.2, -0.15) is 4.39 Å². The Bertz CT molecular complexity index is 425. The molecule has 0 aromatic heterocycles. The maximum absolute atomic E-state index is 13.2. The van der Waals surface area contributed by atoms with Gasteiger partial charge in [0.25, 0.3) is 0 Å². The molecule has 0 radical (unpaired) electrons. The van der Waals surface area contributed by atoms with Crippen LogP contribution in [0.2, 0.25) is 0 Å². The van der Waals surface area contributed by atoms with Crippen LogP contribution in [0.15, 0.2) is 18.2 Å². The van der Waals surface area contributed by atoms with E-state index in [4.69, 9.17) is 5.73 Å². The number of nitrogens with two attached hydrogens (primary N) is 1. The Labute approximate surface area is 94.1 Å². The molecule has 1 rings (SSSR count). The molecule has 0 aliphatic carbocycles. The first-order chi connectivity index (χ1) is 7.54. The third kappa shape index (κ3) is 3.35. The normalized spacial score (nSPS) is 12.4. The second kappa shape index (κ2) is 5.66. The lowest BCUT2D eigenvalue weighted by Crippen LogP contribution is -2.11. The molecule has 1 aromatic rings. The van der Waals surface area contributed by atoms with Crippen LogP contribution in [-0.4, -0.2) is 21.4 Å². The SMILES string of the molecule is NCCS(=O)Cc1ccc([N+](=O)[O-])c(F)c1. The van der Waals surface area contributed by atoms with E-state index in [1.54, 1.807) is 0 Å². The number of rotatable bonds is 5. The van der Waals surface area contributed by atoms with Gasteiger partial charge in [0.05, 0.1) is 4.92 Å². The molecule has 0 fully saturated rings. The molecule has 16 heavy (non-hydrogen) atoms. The third-order valence-corrected chi connectivity index (χ3v) is 3.23. The van der Waals surface area contributed by atoms with Crippen molar-refractivity contribution in [1.29, 1.82) is 0 Å². The standard InChI is InChI=1S/C9H11FN2O3S/c10-8-5-7(6-16(15)4-3-11)1-2-9(8)12(13)14/h1-2,5H,3-4,6,11H2. The van der Waals surface area contributed by atoms with Gasteiger partial charge >= 0.3 is 5.69 Å². The molecular formula is C9H11FN2O3S. The van der Waals surface area contributed by atoms with Crippen molar-refractivity contribution in [2.75, 3.05) is 12.3 Å². The molecule has 1 aromatic carbocycles. The molecule has 0 spiro atoms. The van der Waals surface area contributed by atoms with Gasteiger partial charge in [-0.25, -0.2) is 0 Å². The highest BCUT2D eigenvalue weighted by Crippen LogP contribution is 2.18. The van der Waals surface area contributed by atoms with Gasteiger partial charge in [0.1, 0.15) is 0 Å². The maximum atomic E-state index is 13.2. The van der Waals surface area contributed by atoms with Crippen molar-refractivity contribution in [3.05, 3.63) is 39.7 Å². The van der Waals surface area contributed by atoms with E-state index in [-0.39, 0.29) is 5.75 Å². The first-order valence-electron chi connectivity index (χ1n) is 4.52. The number of hydrogen-bond donors (Lipinski definition) is 1. The first-order valence-corrected chi connectivity index (χ1v) is 6.01. The van der Waals surface area contributed by atoms with Crippen molar-refractivity contribution in [2.45, 2.75) is 5.75 Å². The van der Waals surface area contributed by atoms with E-state index >= 15 is 0 Å². The average molecular weight is 246 g/mol. The second-order valence-corrected chi connectivity index (χ2v) is 4.70. The number of hydrogen-bond acceptors (Lipinski definition) is 4. The maximum Gasteiger partial charge on any atom is 0.304 e. The van der Waals surface area contributed by atoms with Crippen LogP contribution in [0.3, 0.4) is 0 Å². The lowest BCUT2D eigenvalue weighted by molar-refractivity contribution is -0.387. The van der Waals surface area contributed by atoms with E-state index in [2.05, 4.69) is 0 Å². The Balaban J connectivity index is 2.81. The van der Waals surface area contributed by atoms with Gasteiger partial charge in [-0.3, -0.25) is 14.3 Å². The van der Waals surface area contributed by atoms with Crippen molar-refractivity contribution in [2.24, 2.45) is 5.73 Å². The van der Waals surface area contributed by atoms with Crippen molar-refractivity contribution in [3.8, 4) is 0 Å². The van der Waals surface area contributed by atoms with Crippen LogP contribution < -0.4 is 5.73 Å². The fourth-order valence-electron chi connectivity index (χ4n) is 1.18. The highest BCUT2D eigenvalue weighted by Gasteiger charge is 2.14. The van der Waals surface area contributed by atoms with Crippen molar-refractivity contribution in [1.82, 2.24) is 0 Å². The van der Waals surface area contributed by atoms with Gasteiger partial charge in [0.15, 0.2) is 0 Å². The van der Waals surface area contributed by atoms with Crippen molar-refractivity contribution in [3.63, 3.8) is 0 Å². The number of nitro groups is 1.